The van der Waals surface area contributed by atoms with Gasteiger partial charge in [0.1, 0.15) is 5.75 Å². The highest BCUT2D eigenvalue weighted by Crippen LogP contribution is 2.37. The first kappa shape index (κ1) is 22.8. The average molecular weight is 440 g/mol. The Morgan fingerprint density at radius 1 is 1.03 bits per heavy atom. The highest BCUT2D eigenvalue weighted by Gasteiger charge is 2.31. The van der Waals surface area contributed by atoms with E-state index < -0.39 is 23.9 Å². The van der Waals surface area contributed by atoms with Crippen LogP contribution in [0.2, 0.25) is 0 Å². The second-order valence-electron chi connectivity index (χ2n) is 7.22. The molecule has 0 amide bonds. The van der Waals surface area contributed by atoms with E-state index in [1.165, 1.54) is 30.3 Å². The predicted molar refractivity (Wildman–Crippen MR) is 105 cm³/mol. The Morgan fingerprint density at radius 2 is 1.74 bits per heavy atom. The second kappa shape index (κ2) is 9.49. The van der Waals surface area contributed by atoms with Gasteiger partial charge in [0.25, 0.3) is 0 Å². The summed E-state index contributed by atoms with van der Waals surface area (Å²) in [6.45, 7) is 2.23. The van der Waals surface area contributed by atoms with Crippen molar-refractivity contribution in [1.29, 1.82) is 0 Å². The SMILES string of the molecule is CCCCOc1ccc(C2=CC(=O)C(c3ccc(OC(F)(F)F)cc3)CC2)c(F)c1F. The van der Waals surface area contributed by atoms with Crippen molar-refractivity contribution >= 4 is 11.4 Å². The molecule has 0 saturated heterocycles. The normalized spacial score (nSPS) is 16.8. The molecule has 0 aliphatic heterocycles. The lowest BCUT2D eigenvalue weighted by molar-refractivity contribution is -0.274. The third-order valence-electron chi connectivity index (χ3n) is 5.03. The van der Waals surface area contributed by atoms with Crippen LogP contribution in [-0.4, -0.2) is 18.8 Å². The summed E-state index contributed by atoms with van der Waals surface area (Å²) in [4.78, 5) is 12.6. The number of halogens is 5. The summed E-state index contributed by atoms with van der Waals surface area (Å²) in [5, 5.41) is 0. The molecule has 2 aromatic carbocycles. The van der Waals surface area contributed by atoms with Gasteiger partial charge in [-0.1, -0.05) is 25.5 Å². The Kier molecular flexibility index (Phi) is 6.97. The standard InChI is InChI=1S/C23H21F5O3/c1-2-3-12-30-20-11-10-18(21(24)22(20)25)15-6-9-17(19(29)13-15)14-4-7-16(8-5-14)31-23(26,27)28/h4-5,7-8,10-11,13,17H,2-3,6,9,12H2,1H3. The van der Waals surface area contributed by atoms with E-state index >= 15 is 0 Å². The maximum atomic E-state index is 14.6. The van der Waals surface area contributed by atoms with Gasteiger partial charge in [0.15, 0.2) is 17.3 Å². The third kappa shape index (κ3) is 5.62. The van der Waals surface area contributed by atoms with Crippen LogP contribution in [0.1, 0.15) is 49.7 Å². The van der Waals surface area contributed by atoms with Crippen LogP contribution >= 0.6 is 0 Å². The number of rotatable bonds is 7. The summed E-state index contributed by atoms with van der Waals surface area (Å²) in [7, 11) is 0. The first-order valence-electron chi connectivity index (χ1n) is 9.91. The molecule has 1 aliphatic rings. The highest BCUT2D eigenvalue weighted by molar-refractivity contribution is 6.02. The van der Waals surface area contributed by atoms with Crippen molar-refractivity contribution in [3.05, 3.63) is 65.2 Å². The quantitative estimate of drug-likeness (QED) is 0.361. The minimum atomic E-state index is -4.80. The van der Waals surface area contributed by atoms with Crippen LogP contribution in [0.5, 0.6) is 11.5 Å². The van der Waals surface area contributed by atoms with Crippen molar-refractivity contribution in [2.24, 2.45) is 0 Å². The molecule has 0 heterocycles. The summed E-state index contributed by atoms with van der Waals surface area (Å²) in [5.41, 5.74) is 0.900. The van der Waals surface area contributed by atoms with Crippen molar-refractivity contribution in [3.63, 3.8) is 0 Å². The van der Waals surface area contributed by atoms with Gasteiger partial charge in [-0.15, -0.1) is 13.2 Å². The summed E-state index contributed by atoms with van der Waals surface area (Å²) in [6.07, 6.45) is -1.33. The second-order valence-corrected chi connectivity index (χ2v) is 7.22. The number of hydrogen-bond donors (Lipinski definition) is 0. The molecular weight excluding hydrogens is 419 g/mol. The van der Waals surface area contributed by atoms with Gasteiger partial charge in [0.05, 0.1) is 6.61 Å². The predicted octanol–water partition coefficient (Wildman–Crippen LogP) is 6.57. The third-order valence-corrected chi connectivity index (χ3v) is 5.03. The first-order chi connectivity index (χ1) is 14.7. The summed E-state index contributed by atoms with van der Waals surface area (Å²) >= 11 is 0. The Bertz CT molecular complexity index is 964. The molecule has 0 aromatic heterocycles. The van der Waals surface area contributed by atoms with Crippen molar-refractivity contribution in [2.45, 2.75) is 44.9 Å². The monoisotopic (exact) mass is 440 g/mol. The fourth-order valence-electron chi connectivity index (χ4n) is 3.45. The van der Waals surface area contributed by atoms with Gasteiger partial charge in [-0.05, 0) is 60.7 Å². The zero-order valence-electron chi connectivity index (χ0n) is 16.8. The van der Waals surface area contributed by atoms with E-state index in [1.807, 2.05) is 6.92 Å². The van der Waals surface area contributed by atoms with Crippen LogP contribution in [0, 0.1) is 11.6 Å². The summed E-state index contributed by atoms with van der Waals surface area (Å²) < 4.78 is 74.8. The maximum Gasteiger partial charge on any atom is 0.573 e. The van der Waals surface area contributed by atoms with Gasteiger partial charge in [-0.25, -0.2) is 4.39 Å². The summed E-state index contributed by atoms with van der Waals surface area (Å²) in [5.74, 6) is -3.61. The molecule has 0 bridgehead atoms. The molecule has 0 spiro atoms. The molecule has 166 valence electrons. The molecule has 0 saturated carbocycles. The molecule has 2 aromatic rings. The minimum absolute atomic E-state index is 0.000988. The smallest absolute Gasteiger partial charge is 0.490 e. The lowest BCUT2D eigenvalue weighted by Crippen LogP contribution is -2.18. The molecular formula is C23H21F5O3. The van der Waals surface area contributed by atoms with Crippen LogP contribution in [0.25, 0.3) is 5.57 Å². The molecule has 8 heteroatoms. The number of unbranched alkanes of at least 4 members (excludes halogenated alkanes) is 1. The van der Waals surface area contributed by atoms with Crippen LogP contribution in [0.15, 0.2) is 42.5 Å². The Morgan fingerprint density at radius 3 is 2.35 bits per heavy atom. The van der Waals surface area contributed by atoms with Gasteiger partial charge in [0.2, 0.25) is 5.82 Å². The molecule has 1 unspecified atom stereocenters. The van der Waals surface area contributed by atoms with E-state index in [0.29, 0.717) is 30.4 Å². The number of carbonyl (C=O) groups is 1. The van der Waals surface area contributed by atoms with E-state index in [-0.39, 0.29) is 29.5 Å². The molecule has 0 fully saturated rings. The maximum absolute atomic E-state index is 14.6. The van der Waals surface area contributed by atoms with E-state index in [2.05, 4.69) is 4.74 Å². The number of benzene rings is 2. The lowest BCUT2D eigenvalue weighted by Gasteiger charge is -2.22. The van der Waals surface area contributed by atoms with E-state index in [0.717, 1.165) is 18.6 Å². The minimum Gasteiger partial charge on any atom is -0.490 e. The molecule has 0 N–H and O–H groups in total. The zero-order chi connectivity index (χ0) is 22.6. The molecule has 0 radical (unpaired) electrons. The van der Waals surface area contributed by atoms with E-state index in [1.54, 1.807) is 0 Å². The largest absolute Gasteiger partial charge is 0.573 e. The fourth-order valence-corrected chi connectivity index (χ4v) is 3.45. The van der Waals surface area contributed by atoms with E-state index in [9.17, 15) is 26.7 Å². The number of allylic oxidation sites excluding steroid dienone is 2. The average Bonchev–Trinajstić information content (AvgIpc) is 2.71. The number of ketones is 1. The molecule has 3 nitrogen and oxygen atoms in total. The van der Waals surface area contributed by atoms with E-state index in [4.69, 9.17) is 4.74 Å². The van der Waals surface area contributed by atoms with Gasteiger partial charge in [-0.2, -0.15) is 4.39 Å². The number of carbonyl (C=O) groups excluding carboxylic acids is 1. The first-order valence-corrected chi connectivity index (χ1v) is 9.91. The molecule has 1 aliphatic carbocycles. The van der Waals surface area contributed by atoms with Gasteiger partial charge in [0, 0.05) is 11.5 Å². The van der Waals surface area contributed by atoms with Crippen LogP contribution in [-0.2, 0) is 4.79 Å². The molecule has 31 heavy (non-hydrogen) atoms. The highest BCUT2D eigenvalue weighted by atomic mass is 19.4. The van der Waals surface area contributed by atoms with Gasteiger partial charge >= 0.3 is 6.36 Å². The van der Waals surface area contributed by atoms with Crippen LogP contribution < -0.4 is 9.47 Å². The molecule has 1 atom stereocenters. The zero-order valence-corrected chi connectivity index (χ0v) is 16.8. The van der Waals surface area contributed by atoms with Crippen molar-refractivity contribution < 1.29 is 36.2 Å². The number of ether oxygens (including phenoxy) is 2. The van der Waals surface area contributed by atoms with Crippen LogP contribution in [0.3, 0.4) is 0 Å². The van der Waals surface area contributed by atoms with Crippen molar-refractivity contribution in [1.82, 2.24) is 0 Å². The number of hydrogen-bond acceptors (Lipinski definition) is 3. The van der Waals surface area contributed by atoms with Crippen molar-refractivity contribution in [3.8, 4) is 11.5 Å². The Hall–Kier alpha value is -2.90. The van der Waals surface area contributed by atoms with Crippen LogP contribution in [0.4, 0.5) is 22.0 Å². The van der Waals surface area contributed by atoms with Gasteiger partial charge in [-0.3, -0.25) is 4.79 Å². The topological polar surface area (TPSA) is 35.5 Å². The fraction of sp³-hybridized carbons (Fsp3) is 0.348. The number of alkyl halides is 3. The van der Waals surface area contributed by atoms with Crippen molar-refractivity contribution in [2.75, 3.05) is 6.61 Å². The summed E-state index contributed by atoms with van der Waals surface area (Å²) in [6, 6.07) is 7.81. The Labute approximate surface area is 176 Å². The lowest BCUT2D eigenvalue weighted by atomic mass is 9.81. The Balaban J connectivity index is 1.75. The van der Waals surface area contributed by atoms with Gasteiger partial charge < -0.3 is 9.47 Å². The molecule has 3 rings (SSSR count).